The molecule has 74 valence electrons. The SMILES string of the molecule is O=C(O)/C=C/C1=CC([N+](=O)[O-])=CCC1. The van der Waals surface area contributed by atoms with Gasteiger partial charge in [0.05, 0.1) is 4.92 Å². The van der Waals surface area contributed by atoms with E-state index in [0.29, 0.717) is 18.4 Å². The number of carboxylic acids is 1. The van der Waals surface area contributed by atoms with Gasteiger partial charge in [-0.25, -0.2) is 4.79 Å². The first kappa shape index (κ1) is 10.2. The van der Waals surface area contributed by atoms with Gasteiger partial charge >= 0.3 is 5.97 Å². The molecule has 0 spiro atoms. The van der Waals surface area contributed by atoms with Crippen LogP contribution in [0.1, 0.15) is 12.8 Å². The lowest BCUT2D eigenvalue weighted by molar-refractivity contribution is -0.419. The van der Waals surface area contributed by atoms with Gasteiger partial charge in [0.1, 0.15) is 0 Å². The summed E-state index contributed by atoms with van der Waals surface area (Å²) in [6.45, 7) is 0. The Morgan fingerprint density at radius 3 is 2.93 bits per heavy atom. The molecule has 0 radical (unpaired) electrons. The van der Waals surface area contributed by atoms with Gasteiger partial charge in [-0.15, -0.1) is 0 Å². The molecule has 0 aromatic rings. The molecule has 1 aliphatic rings. The molecule has 0 saturated heterocycles. The van der Waals surface area contributed by atoms with Crippen LogP contribution in [-0.4, -0.2) is 16.0 Å². The largest absolute Gasteiger partial charge is 0.478 e. The molecule has 0 amide bonds. The summed E-state index contributed by atoms with van der Waals surface area (Å²) in [6, 6.07) is 0. The van der Waals surface area contributed by atoms with E-state index in [1.54, 1.807) is 0 Å². The molecule has 5 nitrogen and oxygen atoms in total. The fourth-order valence-corrected chi connectivity index (χ4v) is 1.14. The molecule has 0 fully saturated rings. The highest BCUT2D eigenvalue weighted by atomic mass is 16.6. The minimum Gasteiger partial charge on any atom is -0.478 e. The van der Waals surface area contributed by atoms with Gasteiger partial charge in [0.25, 0.3) is 5.70 Å². The predicted molar refractivity (Wildman–Crippen MR) is 49.2 cm³/mol. The van der Waals surface area contributed by atoms with Crippen molar-refractivity contribution in [3.63, 3.8) is 0 Å². The third-order valence-electron chi connectivity index (χ3n) is 1.77. The Labute approximate surface area is 80.2 Å². The molecule has 0 aromatic heterocycles. The van der Waals surface area contributed by atoms with E-state index in [4.69, 9.17) is 5.11 Å². The summed E-state index contributed by atoms with van der Waals surface area (Å²) >= 11 is 0. The van der Waals surface area contributed by atoms with Crippen molar-refractivity contribution in [1.82, 2.24) is 0 Å². The smallest absolute Gasteiger partial charge is 0.328 e. The molecule has 1 rings (SSSR count). The van der Waals surface area contributed by atoms with Gasteiger partial charge < -0.3 is 5.11 Å². The number of nitrogens with zero attached hydrogens (tertiary/aromatic N) is 1. The number of hydrogen-bond acceptors (Lipinski definition) is 3. The molecule has 0 aromatic carbocycles. The summed E-state index contributed by atoms with van der Waals surface area (Å²) in [5, 5.41) is 18.7. The molecule has 0 aliphatic heterocycles. The van der Waals surface area contributed by atoms with Crippen molar-refractivity contribution in [1.29, 1.82) is 0 Å². The fourth-order valence-electron chi connectivity index (χ4n) is 1.14. The first-order chi connectivity index (χ1) is 6.59. The summed E-state index contributed by atoms with van der Waals surface area (Å²) in [6.07, 6.45) is 6.50. The highest BCUT2D eigenvalue weighted by Gasteiger charge is 2.11. The van der Waals surface area contributed by atoms with Crippen LogP contribution in [0, 0.1) is 10.1 Å². The van der Waals surface area contributed by atoms with Gasteiger partial charge in [-0.05, 0) is 24.5 Å². The minimum absolute atomic E-state index is 0.0290. The van der Waals surface area contributed by atoms with Gasteiger partial charge in [0.2, 0.25) is 0 Å². The van der Waals surface area contributed by atoms with Crippen LogP contribution in [0.2, 0.25) is 0 Å². The second-order valence-corrected chi connectivity index (χ2v) is 2.82. The van der Waals surface area contributed by atoms with Crippen molar-refractivity contribution in [2.75, 3.05) is 0 Å². The molecular weight excluding hydrogens is 186 g/mol. The lowest BCUT2D eigenvalue weighted by atomic mass is 10.0. The topological polar surface area (TPSA) is 80.4 Å². The third kappa shape index (κ3) is 2.85. The first-order valence-electron chi connectivity index (χ1n) is 4.05. The number of aliphatic carboxylic acids is 1. The van der Waals surface area contributed by atoms with Gasteiger partial charge in [-0.2, -0.15) is 0 Å². The summed E-state index contributed by atoms with van der Waals surface area (Å²) < 4.78 is 0. The van der Waals surface area contributed by atoms with E-state index in [1.165, 1.54) is 18.2 Å². The van der Waals surface area contributed by atoms with Crippen molar-refractivity contribution in [2.45, 2.75) is 12.8 Å². The van der Waals surface area contributed by atoms with E-state index < -0.39 is 10.9 Å². The van der Waals surface area contributed by atoms with E-state index in [1.807, 2.05) is 0 Å². The molecule has 0 bridgehead atoms. The van der Waals surface area contributed by atoms with Crippen LogP contribution in [0.25, 0.3) is 0 Å². The fraction of sp³-hybridized carbons (Fsp3) is 0.222. The zero-order valence-electron chi connectivity index (χ0n) is 7.34. The zero-order valence-corrected chi connectivity index (χ0v) is 7.34. The standard InChI is InChI=1S/C9H9NO4/c11-9(12)5-4-7-2-1-3-8(6-7)10(13)14/h3-6H,1-2H2,(H,11,12)/b5-4+. The van der Waals surface area contributed by atoms with Crippen LogP contribution in [0.3, 0.4) is 0 Å². The van der Waals surface area contributed by atoms with Crippen molar-refractivity contribution in [3.05, 3.63) is 45.7 Å². The Hall–Kier alpha value is -1.91. The lowest BCUT2D eigenvalue weighted by Crippen LogP contribution is -2.00. The summed E-state index contributed by atoms with van der Waals surface area (Å²) in [5.41, 5.74) is 0.697. The average molecular weight is 195 g/mol. The molecule has 0 heterocycles. The van der Waals surface area contributed by atoms with Crippen LogP contribution in [0.4, 0.5) is 0 Å². The molecule has 14 heavy (non-hydrogen) atoms. The predicted octanol–water partition coefficient (Wildman–Crippen LogP) is 1.51. The Bertz CT molecular complexity index is 352. The second-order valence-electron chi connectivity index (χ2n) is 2.82. The number of carbonyl (C=O) groups is 1. The van der Waals surface area contributed by atoms with E-state index in [2.05, 4.69) is 0 Å². The summed E-state index contributed by atoms with van der Waals surface area (Å²) in [7, 11) is 0. The maximum atomic E-state index is 10.4. The van der Waals surface area contributed by atoms with E-state index in [-0.39, 0.29) is 5.70 Å². The monoisotopic (exact) mass is 195 g/mol. The van der Waals surface area contributed by atoms with Crippen LogP contribution in [0.5, 0.6) is 0 Å². The summed E-state index contributed by atoms with van der Waals surface area (Å²) in [5.74, 6) is -1.05. The normalized spacial score (nSPS) is 16.3. The number of carboxylic acid groups (broad SMARTS) is 1. The number of allylic oxidation sites excluding steroid dienone is 4. The molecular formula is C9H9NO4. The molecule has 0 saturated carbocycles. The van der Waals surface area contributed by atoms with E-state index in [9.17, 15) is 14.9 Å². The van der Waals surface area contributed by atoms with Gasteiger partial charge in [-0.3, -0.25) is 10.1 Å². The van der Waals surface area contributed by atoms with Crippen LogP contribution in [0.15, 0.2) is 35.6 Å². The van der Waals surface area contributed by atoms with Crippen molar-refractivity contribution >= 4 is 5.97 Å². The maximum Gasteiger partial charge on any atom is 0.328 e. The molecule has 1 N–H and O–H groups in total. The lowest BCUT2D eigenvalue weighted by Gasteiger charge is -2.04. The molecule has 1 aliphatic carbocycles. The molecule has 0 unspecified atom stereocenters. The van der Waals surface area contributed by atoms with Crippen LogP contribution < -0.4 is 0 Å². The van der Waals surface area contributed by atoms with E-state index in [0.717, 1.165) is 6.08 Å². The Morgan fingerprint density at radius 1 is 1.64 bits per heavy atom. The second kappa shape index (κ2) is 4.36. The van der Waals surface area contributed by atoms with Crippen LogP contribution >= 0.6 is 0 Å². The van der Waals surface area contributed by atoms with Gasteiger partial charge in [0, 0.05) is 12.2 Å². The number of nitro groups is 1. The number of rotatable bonds is 3. The zero-order chi connectivity index (χ0) is 10.6. The van der Waals surface area contributed by atoms with Crippen molar-refractivity contribution in [2.24, 2.45) is 0 Å². The minimum atomic E-state index is -1.05. The molecule has 0 atom stereocenters. The Morgan fingerprint density at radius 2 is 2.36 bits per heavy atom. The molecule has 5 heteroatoms. The van der Waals surface area contributed by atoms with Crippen LogP contribution in [-0.2, 0) is 4.79 Å². The first-order valence-corrected chi connectivity index (χ1v) is 4.05. The summed E-state index contributed by atoms with van der Waals surface area (Å²) in [4.78, 5) is 20.1. The Kier molecular flexibility index (Phi) is 3.17. The average Bonchev–Trinajstić information content (AvgIpc) is 2.15. The van der Waals surface area contributed by atoms with Gasteiger partial charge in [-0.1, -0.05) is 6.08 Å². The van der Waals surface area contributed by atoms with Crippen molar-refractivity contribution < 1.29 is 14.8 Å². The van der Waals surface area contributed by atoms with E-state index >= 15 is 0 Å². The van der Waals surface area contributed by atoms with Gasteiger partial charge in [0.15, 0.2) is 0 Å². The Balaban J connectivity index is 2.77. The number of hydrogen-bond donors (Lipinski definition) is 1. The highest BCUT2D eigenvalue weighted by Crippen LogP contribution is 2.18. The quantitative estimate of drug-likeness (QED) is 0.420. The highest BCUT2D eigenvalue weighted by molar-refractivity contribution is 5.80. The third-order valence-corrected chi connectivity index (χ3v) is 1.77. The maximum absolute atomic E-state index is 10.4. The van der Waals surface area contributed by atoms with Crippen molar-refractivity contribution in [3.8, 4) is 0 Å².